The van der Waals surface area contributed by atoms with Crippen molar-refractivity contribution in [1.29, 1.82) is 5.26 Å². The molecule has 2 N–H and O–H groups in total. The van der Waals surface area contributed by atoms with E-state index in [1.165, 1.54) is 0 Å². The quantitative estimate of drug-likeness (QED) is 0.859. The van der Waals surface area contributed by atoms with Crippen LogP contribution in [-0.2, 0) is 0 Å². The molecule has 20 heavy (non-hydrogen) atoms. The monoisotopic (exact) mass is 267 g/mol. The summed E-state index contributed by atoms with van der Waals surface area (Å²) in [6.45, 7) is 6.12. The number of anilines is 1. The van der Waals surface area contributed by atoms with E-state index in [2.05, 4.69) is 18.8 Å². The van der Waals surface area contributed by atoms with Gasteiger partial charge in [0, 0.05) is 18.0 Å². The van der Waals surface area contributed by atoms with Crippen molar-refractivity contribution in [2.75, 3.05) is 5.73 Å². The molecular weight excluding hydrogens is 250 g/mol. The molecule has 0 aliphatic heterocycles. The Morgan fingerprint density at radius 1 is 1.30 bits per heavy atom. The van der Waals surface area contributed by atoms with Gasteiger partial charge in [-0.1, -0.05) is 13.8 Å². The molecule has 1 aromatic heterocycles. The molecule has 2 rings (SSSR count). The number of nitrogens with zero attached hydrogens (tertiary/aromatic N) is 2. The second-order valence-electron chi connectivity index (χ2n) is 4.99. The Hall–Kier alpha value is -2.54. The zero-order valence-electron chi connectivity index (χ0n) is 11.8. The van der Waals surface area contributed by atoms with Crippen molar-refractivity contribution >= 4 is 5.69 Å². The van der Waals surface area contributed by atoms with Crippen molar-refractivity contribution in [2.45, 2.75) is 26.7 Å². The summed E-state index contributed by atoms with van der Waals surface area (Å²) in [7, 11) is 0. The van der Waals surface area contributed by atoms with E-state index >= 15 is 0 Å². The second-order valence-corrected chi connectivity index (χ2v) is 4.99. The number of nitrogens with two attached hydrogens (primary N) is 1. The highest BCUT2D eigenvalue weighted by Gasteiger charge is 2.12. The van der Waals surface area contributed by atoms with Crippen LogP contribution in [0.4, 0.5) is 5.69 Å². The summed E-state index contributed by atoms with van der Waals surface area (Å²) in [6.07, 6.45) is 1.56. The summed E-state index contributed by atoms with van der Waals surface area (Å²) >= 11 is 0. The number of hydrogen-bond donors (Lipinski definition) is 1. The van der Waals surface area contributed by atoms with Gasteiger partial charge >= 0.3 is 0 Å². The average molecular weight is 267 g/mol. The number of aryl methyl sites for hydroxylation is 1. The topological polar surface area (TPSA) is 71.9 Å². The smallest absolute Gasteiger partial charge is 0.144 e. The number of rotatable bonds is 3. The van der Waals surface area contributed by atoms with Gasteiger partial charge in [0.25, 0.3) is 0 Å². The summed E-state index contributed by atoms with van der Waals surface area (Å²) in [5.74, 6) is 1.66. The number of ether oxygens (including phenoxy) is 1. The minimum absolute atomic E-state index is 0.296. The Kier molecular flexibility index (Phi) is 3.90. The molecule has 4 nitrogen and oxygen atoms in total. The average Bonchev–Trinajstić information content (AvgIpc) is 2.42. The van der Waals surface area contributed by atoms with Crippen LogP contribution in [0.5, 0.6) is 11.5 Å². The number of hydrogen-bond acceptors (Lipinski definition) is 4. The van der Waals surface area contributed by atoms with Crippen LogP contribution in [0.2, 0.25) is 0 Å². The van der Waals surface area contributed by atoms with Crippen LogP contribution in [0.15, 0.2) is 30.5 Å². The van der Waals surface area contributed by atoms with Gasteiger partial charge in [-0.2, -0.15) is 5.26 Å². The van der Waals surface area contributed by atoms with Crippen LogP contribution >= 0.6 is 0 Å². The van der Waals surface area contributed by atoms with E-state index in [4.69, 9.17) is 15.7 Å². The lowest BCUT2D eigenvalue weighted by Gasteiger charge is -2.16. The van der Waals surface area contributed by atoms with Crippen molar-refractivity contribution in [1.82, 2.24) is 4.98 Å². The maximum absolute atomic E-state index is 8.87. The van der Waals surface area contributed by atoms with E-state index in [1.807, 2.05) is 25.1 Å². The Morgan fingerprint density at radius 2 is 2.05 bits per heavy atom. The van der Waals surface area contributed by atoms with Crippen molar-refractivity contribution < 1.29 is 4.74 Å². The molecule has 1 aromatic carbocycles. The second kappa shape index (κ2) is 5.62. The summed E-state index contributed by atoms with van der Waals surface area (Å²) in [4.78, 5) is 3.93. The van der Waals surface area contributed by atoms with E-state index in [1.54, 1.807) is 18.3 Å². The summed E-state index contributed by atoms with van der Waals surface area (Å²) in [6, 6.07) is 9.23. The predicted octanol–water partition coefficient (Wildman–Crippen LogP) is 3.76. The van der Waals surface area contributed by atoms with Gasteiger partial charge in [0.05, 0.1) is 0 Å². The van der Waals surface area contributed by atoms with E-state index in [0.717, 1.165) is 22.6 Å². The normalized spacial score (nSPS) is 10.3. The molecule has 4 heteroatoms. The van der Waals surface area contributed by atoms with Crippen LogP contribution in [0.3, 0.4) is 0 Å². The molecule has 0 fully saturated rings. The van der Waals surface area contributed by atoms with Gasteiger partial charge in [-0.25, -0.2) is 4.98 Å². The molecular formula is C16H17N3O. The molecule has 2 aromatic rings. The molecule has 0 saturated carbocycles. The number of nitriles is 1. The van der Waals surface area contributed by atoms with Crippen LogP contribution < -0.4 is 10.5 Å². The SMILES string of the molecule is Cc1cc(Oc2ccnc(C#N)c2)c(C(C)C)cc1N. The third-order valence-electron chi connectivity index (χ3n) is 3.09. The highest BCUT2D eigenvalue weighted by Crippen LogP contribution is 2.34. The molecule has 0 aliphatic carbocycles. The van der Waals surface area contributed by atoms with Gasteiger partial charge in [-0.3, -0.25) is 0 Å². The van der Waals surface area contributed by atoms with Gasteiger partial charge in [0.1, 0.15) is 23.3 Å². The molecule has 0 amide bonds. The Morgan fingerprint density at radius 3 is 2.70 bits per heavy atom. The zero-order valence-corrected chi connectivity index (χ0v) is 11.8. The zero-order chi connectivity index (χ0) is 14.7. The number of benzene rings is 1. The molecule has 1 heterocycles. The molecule has 0 unspecified atom stereocenters. The van der Waals surface area contributed by atoms with E-state index in [9.17, 15) is 0 Å². The molecule has 0 bridgehead atoms. The number of pyridine rings is 1. The fourth-order valence-corrected chi connectivity index (χ4v) is 1.92. The van der Waals surface area contributed by atoms with Crippen LogP contribution in [0.25, 0.3) is 0 Å². The highest BCUT2D eigenvalue weighted by molar-refractivity contribution is 5.55. The van der Waals surface area contributed by atoms with Crippen molar-refractivity contribution in [3.63, 3.8) is 0 Å². The lowest BCUT2D eigenvalue weighted by Crippen LogP contribution is -1.99. The molecule has 102 valence electrons. The first-order valence-corrected chi connectivity index (χ1v) is 6.45. The van der Waals surface area contributed by atoms with E-state index in [0.29, 0.717) is 17.4 Å². The molecule has 0 aliphatic rings. The van der Waals surface area contributed by atoms with Gasteiger partial charge in [-0.05, 0) is 42.2 Å². The van der Waals surface area contributed by atoms with Gasteiger partial charge in [-0.15, -0.1) is 0 Å². The van der Waals surface area contributed by atoms with Crippen LogP contribution in [0.1, 0.15) is 36.6 Å². The third kappa shape index (κ3) is 2.89. The predicted molar refractivity (Wildman–Crippen MR) is 78.7 cm³/mol. The first-order chi connectivity index (χ1) is 9.51. The largest absolute Gasteiger partial charge is 0.457 e. The lowest BCUT2D eigenvalue weighted by molar-refractivity contribution is 0.472. The van der Waals surface area contributed by atoms with Crippen LogP contribution in [-0.4, -0.2) is 4.98 Å². The Labute approximate surface area is 118 Å². The fraction of sp³-hybridized carbons (Fsp3) is 0.250. The minimum Gasteiger partial charge on any atom is -0.457 e. The maximum atomic E-state index is 8.87. The standard InChI is InChI=1S/C16H17N3O/c1-10(2)14-8-15(18)11(3)6-16(14)20-13-4-5-19-12(7-13)9-17/h4-8,10H,18H2,1-3H3. The van der Waals surface area contributed by atoms with E-state index in [-0.39, 0.29) is 0 Å². The Bertz CT molecular complexity index is 672. The third-order valence-corrected chi connectivity index (χ3v) is 3.09. The molecule has 0 spiro atoms. The van der Waals surface area contributed by atoms with Crippen molar-refractivity contribution in [3.8, 4) is 17.6 Å². The Balaban J connectivity index is 2.42. The fourth-order valence-electron chi connectivity index (χ4n) is 1.92. The lowest BCUT2D eigenvalue weighted by atomic mass is 9.99. The minimum atomic E-state index is 0.296. The number of aromatic nitrogens is 1. The molecule has 0 atom stereocenters. The molecule has 0 saturated heterocycles. The van der Waals surface area contributed by atoms with Gasteiger partial charge < -0.3 is 10.5 Å². The van der Waals surface area contributed by atoms with Crippen molar-refractivity contribution in [2.24, 2.45) is 0 Å². The highest BCUT2D eigenvalue weighted by atomic mass is 16.5. The maximum Gasteiger partial charge on any atom is 0.144 e. The number of nitrogen functional groups attached to an aromatic ring is 1. The first-order valence-electron chi connectivity index (χ1n) is 6.45. The summed E-state index contributed by atoms with van der Waals surface area (Å²) in [5.41, 5.74) is 9.07. The van der Waals surface area contributed by atoms with Crippen LogP contribution in [0, 0.1) is 18.3 Å². The van der Waals surface area contributed by atoms with Gasteiger partial charge in [0.2, 0.25) is 0 Å². The summed E-state index contributed by atoms with van der Waals surface area (Å²) < 4.78 is 5.90. The van der Waals surface area contributed by atoms with Crippen molar-refractivity contribution in [3.05, 3.63) is 47.3 Å². The molecule has 0 radical (unpaired) electrons. The van der Waals surface area contributed by atoms with Gasteiger partial charge in [0.15, 0.2) is 0 Å². The first kappa shape index (κ1) is 13.9. The van der Waals surface area contributed by atoms with E-state index < -0.39 is 0 Å². The summed E-state index contributed by atoms with van der Waals surface area (Å²) in [5, 5.41) is 8.87.